The molecular formula is C14H15NO. The van der Waals surface area contributed by atoms with Crippen molar-refractivity contribution in [1.82, 2.24) is 4.98 Å². The normalized spacial score (nSPS) is 10.5. The van der Waals surface area contributed by atoms with E-state index < -0.39 is 0 Å². The highest BCUT2D eigenvalue weighted by Crippen LogP contribution is 2.16. The summed E-state index contributed by atoms with van der Waals surface area (Å²) in [6.45, 7) is 3.70. The molecule has 0 aliphatic rings. The first-order chi connectivity index (χ1) is 7.81. The van der Waals surface area contributed by atoms with Crippen LogP contribution in [0.2, 0.25) is 0 Å². The highest BCUT2D eigenvalue weighted by atomic mass is 16.1. The zero-order valence-corrected chi connectivity index (χ0v) is 9.20. The second kappa shape index (κ2) is 4.79. The number of allylic oxidation sites excluding steroid dienone is 1. The number of para-hydroxylation sites is 1. The molecule has 0 radical (unpaired) electrons. The Labute approximate surface area is 94.6 Å². The third-order valence-electron chi connectivity index (χ3n) is 2.69. The van der Waals surface area contributed by atoms with Crippen LogP contribution in [-0.2, 0) is 6.42 Å². The Bertz CT molecular complexity index is 554. The van der Waals surface area contributed by atoms with E-state index in [9.17, 15) is 4.79 Å². The lowest BCUT2D eigenvalue weighted by atomic mass is 10.0. The Morgan fingerprint density at radius 1 is 1.31 bits per heavy atom. The minimum absolute atomic E-state index is 0.0210. The summed E-state index contributed by atoms with van der Waals surface area (Å²) in [5, 5.41) is 1.14. The van der Waals surface area contributed by atoms with Crippen LogP contribution in [-0.4, -0.2) is 4.98 Å². The molecule has 1 N–H and O–H groups in total. The monoisotopic (exact) mass is 213 g/mol. The SMILES string of the molecule is C=CCCCc1cc(=O)[nH]c2ccccc12. The minimum atomic E-state index is -0.0210. The maximum atomic E-state index is 11.5. The van der Waals surface area contributed by atoms with Crippen molar-refractivity contribution >= 4 is 10.9 Å². The molecule has 2 nitrogen and oxygen atoms in total. The molecule has 1 aromatic heterocycles. The molecule has 0 aliphatic carbocycles. The molecule has 0 amide bonds. The molecule has 2 rings (SSSR count). The molecule has 0 spiro atoms. The van der Waals surface area contributed by atoms with E-state index in [1.807, 2.05) is 24.3 Å². The Balaban J connectivity index is 2.42. The zero-order chi connectivity index (χ0) is 11.4. The van der Waals surface area contributed by atoms with Gasteiger partial charge in [-0.1, -0.05) is 24.3 Å². The van der Waals surface area contributed by atoms with Gasteiger partial charge in [0.1, 0.15) is 0 Å². The standard InChI is InChI=1S/C14H15NO/c1-2-3-4-7-11-10-14(16)15-13-9-6-5-8-12(11)13/h2,5-6,8-10H,1,3-4,7H2,(H,15,16). The number of unbranched alkanes of at least 4 members (excludes halogenated alkanes) is 1. The van der Waals surface area contributed by atoms with Crippen LogP contribution in [0.1, 0.15) is 18.4 Å². The van der Waals surface area contributed by atoms with E-state index in [0.29, 0.717) is 0 Å². The number of nitrogens with one attached hydrogen (secondary N) is 1. The van der Waals surface area contributed by atoms with Crippen molar-refractivity contribution in [1.29, 1.82) is 0 Å². The third kappa shape index (κ3) is 2.22. The number of fused-ring (bicyclic) bond motifs is 1. The Morgan fingerprint density at radius 2 is 2.12 bits per heavy atom. The summed E-state index contributed by atoms with van der Waals surface area (Å²) in [6, 6.07) is 9.62. The van der Waals surface area contributed by atoms with Crippen LogP contribution < -0.4 is 5.56 Å². The number of benzene rings is 1. The largest absolute Gasteiger partial charge is 0.322 e. The van der Waals surface area contributed by atoms with Gasteiger partial charge in [-0.05, 0) is 30.9 Å². The first kappa shape index (κ1) is 10.7. The number of aromatic amines is 1. The van der Waals surface area contributed by atoms with Crippen LogP contribution in [0.4, 0.5) is 0 Å². The van der Waals surface area contributed by atoms with Crippen LogP contribution in [0, 0.1) is 0 Å². The smallest absolute Gasteiger partial charge is 0.248 e. The maximum absolute atomic E-state index is 11.5. The molecule has 1 aromatic carbocycles. The van der Waals surface area contributed by atoms with Crippen molar-refractivity contribution in [3.63, 3.8) is 0 Å². The van der Waals surface area contributed by atoms with Gasteiger partial charge in [-0.15, -0.1) is 6.58 Å². The molecular weight excluding hydrogens is 198 g/mol. The lowest BCUT2D eigenvalue weighted by molar-refractivity contribution is 0.847. The number of aromatic nitrogens is 1. The molecule has 0 saturated carbocycles. The van der Waals surface area contributed by atoms with Crippen LogP contribution in [0.25, 0.3) is 10.9 Å². The second-order valence-electron chi connectivity index (χ2n) is 3.89. The summed E-state index contributed by atoms with van der Waals surface area (Å²) in [5.74, 6) is 0. The van der Waals surface area contributed by atoms with Gasteiger partial charge < -0.3 is 4.98 Å². The van der Waals surface area contributed by atoms with E-state index in [1.54, 1.807) is 6.07 Å². The van der Waals surface area contributed by atoms with Crippen molar-refractivity contribution in [3.8, 4) is 0 Å². The number of rotatable bonds is 4. The van der Waals surface area contributed by atoms with E-state index in [4.69, 9.17) is 0 Å². The highest BCUT2D eigenvalue weighted by molar-refractivity contribution is 5.81. The minimum Gasteiger partial charge on any atom is -0.322 e. The van der Waals surface area contributed by atoms with Crippen LogP contribution in [0.5, 0.6) is 0 Å². The van der Waals surface area contributed by atoms with Gasteiger partial charge in [-0.2, -0.15) is 0 Å². The molecule has 82 valence electrons. The Hall–Kier alpha value is -1.83. The van der Waals surface area contributed by atoms with E-state index in [-0.39, 0.29) is 5.56 Å². The quantitative estimate of drug-likeness (QED) is 0.614. The Morgan fingerprint density at radius 3 is 2.94 bits per heavy atom. The molecule has 2 heteroatoms. The first-order valence-corrected chi connectivity index (χ1v) is 5.53. The molecule has 0 atom stereocenters. The van der Waals surface area contributed by atoms with E-state index in [1.165, 1.54) is 0 Å². The lowest BCUT2D eigenvalue weighted by Gasteiger charge is -2.04. The van der Waals surface area contributed by atoms with Crippen LogP contribution in [0.3, 0.4) is 0 Å². The van der Waals surface area contributed by atoms with E-state index in [2.05, 4.69) is 17.6 Å². The van der Waals surface area contributed by atoms with E-state index in [0.717, 1.165) is 35.7 Å². The molecule has 0 saturated heterocycles. The van der Waals surface area contributed by atoms with Gasteiger partial charge in [0.2, 0.25) is 5.56 Å². The van der Waals surface area contributed by atoms with Gasteiger partial charge in [0, 0.05) is 17.0 Å². The molecule has 16 heavy (non-hydrogen) atoms. The van der Waals surface area contributed by atoms with Gasteiger partial charge in [0.05, 0.1) is 0 Å². The summed E-state index contributed by atoms with van der Waals surface area (Å²) in [5.41, 5.74) is 2.03. The van der Waals surface area contributed by atoms with Gasteiger partial charge in [-0.25, -0.2) is 0 Å². The average Bonchev–Trinajstić information content (AvgIpc) is 2.29. The third-order valence-corrected chi connectivity index (χ3v) is 2.69. The van der Waals surface area contributed by atoms with Gasteiger partial charge in [0.25, 0.3) is 0 Å². The molecule has 0 unspecified atom stereocenters. The van der Waals surface area contributed by atoms with Gasteiger partial charge >= 0.3 is 0 Å². The molecule has 0 aliphatic heterocycles. The number of pyridine rings is 1. The molecule has 0 fully saturated rings. The average molecular weight is 213 g/mol. The topological polar surface area (TPSA) is 32.9 Å². The van der Waals surface area contributed by atoms with Crippen molar-refractivity contribution in [2.45, 2.75) is 19.3 Å². The van der Waals surface area contributed by atoms with Crippen molar-refractivity contribution < 1.29 is 0 Å². The second-order valence-corrected chi connectivity index (χ2v) is 3.89. The fraction of sp³-hybridized carbons (Fsp3) is 0.214. The van der Waals surface area contributed by atoms with Crippen LogP contribution in [0.15, 0.2) is 47.8 Å². The highest BCUT2D eigenvalue weighted by Gasteiger charge is 2.01. The number of H-pyrrole nitrogens is 1. The zero-order valence-electron chi connectivity index (χ0n) is 9.20. The lowest BCUT2D eigenvalue weighted by Crippen LogP contribution is -2.06. The fourth-order valence-corrected chi connectivity index (χ4v) is 1.92. The number of aryl methyl sites for hydroxylation is 1. The number of hydrogen-bond acceptors (Lipinski definition) is 1. The summed E-state index contributed by atoms with van der Waals surface area (Å²) in [4.78, 5) is 14.3. The number of hydrogen-bond donors (Lipinski definition) is 1. The van der Waals surface area contributed by atoms with Crippen molar-refractivity contribution in [2.75, 3.05) is 0 Å². The first-order valence-electron chi connectivity index (χ1n) is 5.53. The van der Waals surface area contributed by atoms with Crippen molar-refractivity contribution in [3.05, 3.63) is 58.9 Å². The van der Waals surface area contributed by atoms with E-state index >= 15 is 0 Å². The molecule has 1 heterocycles. The molecule has 0 bridgehead atoms. The summed E-state index contributed by atoms with van der Waals surface area (Å²) in [7, 11) is 0. The van der Waals surface area contributed by atoms with Gasteiger partial charge in [0.15, 0.2) is 0 Å². The predicted molar refractivity (Wildman–Crippen MR) is 67.7 cm³/mol. The predicted octanol–water partition coefficient (Wildman–Crippen LogP) is 3.04. The maximum Gasteiger partial charge on any atom is 0.248 e. The summed E-state index contributed by atoms with van der Waals surface area (Å²) >= 11 is 0. The van der Waals surface area contributed by atoms with Gasteiger partial charge in [-0.3, -0.25) is 4.79 Å². The summed E-state index contributed by atoms with van der Waals surface area (Å²) < 4.78 is 0. The Kier molecular flexibility index (Phi) is 3.20. The fourth-order valence-electron chi connectivity index (χ4n) is 1.92. The van der Waals surface area contributed by atoms with Crippen molar-refractivity contribution in [2.24, 2.45) is 0 Å². The van der Waals surface area contributed by atoms with Crippen LogP contribution >= 0.6 is 0 Å². The molecule has 2 aromatic rings. The summed E-state index contributed by atoms with van der Waals surface area (Å²) in [6.07, 6.45) is 4.86.